The van der Waals surface area contributed by atoms with E-state index in [9.17, 15) is 9.59 Å². The zero-order valence-corrected chi connectivity index (χ0v) is 20.4. The fourth-order valence-electron chi connectivity index (χ4n) is 4.21. The third-order valence-corrected chi connectivity index (χ3v) is 6.67. The van der Waals surface area contributed by atoms with Crippen molar-refractivity contribution in [1.82, 2.24) is 15.5 Å². The number of halogens is 2. The van der Waals surface area contributed by atoms with E-state index in [0.717, 1.165) is 11.1 Å². The summed E-state index contributed by atoms with van der Waals surface area (Å²) in [5.41, 5.74) is 2.46. The van der Waals surface area contributed by atoms with Crippen LogP contribution in [0.3, 0.4) is 0 Å². The number of rotatable bonds is 7. The van der Waals surface area contributed by atoms with E-state index in [2.05, 4.69) is 15.5 Å². The van der Waals surface area contributed by atoms with Crippen LogP contribution in [0, 0.1) is 0 Å². The van der Waals surface area contributed by atoms with E-state index >= 15 is 0 Å². The number of nitrogens with one attached hydrogen (secondary N) is 2. The van der Waals surface area contributed by atoms with Gasteiger partial charge < -0.3 is 5.32 Å². The van der Waals surface area contributed by atoms with Gasteiger partial charge in [0.25, 0.3) is 5.56 Å². The second-order valence-electron chi connectivity index (χ2n) is 8.49. The van der Waals surface area contributed by atoms with E-state index < -0.39 is 5.92 Å². The molecule has 174 valence electrons. The van der Waals surface area contributed by atoms with Gasteiger partial charge >= 0.3 is 0 Å². The summed E-state index contributed by atoms with van der Waals surface area (Å²) in [6, 6.07) is 22.4. The first-order valence-corrected chi connectivity index (χ1v) is 11.9. The lowest BCUT2D eigenvalue weighted by atomic mass is 9.86. The van der Waals surface area contributed by atoms with Gasteiger partial charge in [-0.1, -0.05) is 65.7 Å². The fourth-order valence-corrected chi connectivity index (χ4v) is 4.46. The molecule has 0 spiro atoms. The van der Waals surface area contributed by atoms with Gasteiger partial charge in [0, 0.05) is 27.4 Å². The van der Waals surface area contributed by atoms with Gasteiger partial charge in [0.2, 0.25) is 5.91 Å². The van der Waals surface area contributed by atoms with E-state index in [-0.39, 0.29) is 23.4 Å². The highest BCUT2D eigenvalue weighted by molar-refractivity contribution is 6.30. The molecule has 0 aliphatic heterocycles. The zero-order chi connectivity index (χ0) is 24.2. The number of carbonyl (C=O) groups is 1. The summed E-state index contributed by atoms with van der Waals surface area (Å²) in [7, 11) is 0. The van der Waals surface area contributed by atoms with Crippen molar-refractivity contribution in [3.05, 3.63) is 110 Å². The molecule has 3 aromatic carbocycles. The molecular weight excluding hydrogens is 469 g/mol. The topological polar surface area (TPSA) is 74.8 Å². The van der Waals surface area contributed by atoms with Gasteiger partial charge in [-0.25, -0.2) is 5.10 Å². The largest absolute Gasteiger partial charge is 0.352 e. The molecule has 0 radical (unpaired) electrons. The lowest BCUT2D eigenvalue weighted by Crippen LogP contribution is -2.40. The van der Waals surface area contributed by atoms with Crippen LogP contribution in [0.4, 0.5) is 0 Å². The molecule has 0 fully saturated rings. The molecule has 0 aliphatic carbocycles. The Morgan fingerprint density at radius 2 is 1.50 bits per heavy atom. The Balaban J connectivity index is 1.59. The van der Waals surface area contributed by atoms with Gasteiger partial charge in [-0.3, -0.25) is 9.59 Å². The van der Waals surface area contributed by atoms with Crippen LogP contribution in [0.2, 0.25) is 10.0 Å². The molecule has 1 heterocycles. The third-order valence-electron chi connectivity index (χ3n) is 6.17. The maximum atomic E-state index is 13.3. The molecule has 1 amide bonds. The summed E-state index contributed by atoms with van der Waals surface area (Å²) in [5.74, 6) is -0.701. The summed E-state index contributed by atoms with van der Waals surface area (Å²) >= 11 is 12.2. The Hall–Kier alpha value is -3.15. The molecule has 1 aromatic heterocycles. The molecule has 5 nitrogen and oxygen atoms in total. The smallest absolute Gasteiger partial charge is 0.272 e. The number of hydrogen-bond donors (Lipinski definition) is 2. The van der Waals surface area contributed by atoms with E-state index in [1.807, 2.05) is 67.6 Å². The van der Waals surface area contributed by atoms with Crippen LogP contribution in [0.15, 0.2) is 77.6 Å². The molecule has 0 saturated heterocycles. The first-order chi connectivity index (χ1) is 16.3. The highest BCUT2D eigenvalue weighted by atomic mass is 35.5. The van der Waals surface area contributed by atoms with Crippen molar-refractivity contribution in [2.45, 2.75) is 38.1 Å². The van der Waals surface area contributed by atoms with Crippen LogP contribution in [0.25, 0.3) is 10.8 Å². The number of aromatic amines is 1. The maximum Gasteiger partial charge on any atom is 0.272 e. The lowest BCUT2D eigenvalue weighted by Gasteiger charge is -2.27. The van der Waals surface area contributed by atoms with Crippen molar-refractivity contribution in [1.29, 1.82) is 0 Å². The Bertz CT molecular complexity index is 1350. The Labute approximate surface area is 208 Å². The van der Waals surface area contributed by atoms with E-state index in [0.29, 0.717) is 32.9 Å². The van der Waals surface area contributed by atoms with E-state index in [4.69, 9.17) is 23.2 Å². The summed E-state index contributed by atoms with van der Waals surface area (Å²) in [6.45, 7) is 3.80. The molecule has 4 rings (SSSR count). The number of nitrogens with zero attached hydrogens (tertiary/aromatic N) is 1. The first kappa shape index (κ1) is 24.0. The standard InChI is InChI=1S/C27H25Cl2N3O2/c1-16(25-22-5-3-4-6-23(22)27(34)32-31-25)26(33)30-17(2)24(19-9-13-21(29)14-10-19)15-18-7-11-20(28)12-8-18/h3-14,16-17,24H,15H2,1-2H3,(H,30,33)(H,32,34). The molecule has 0 saturated carbocycles. The summed E-state index contributed by atoms with van der Waals surface area (Å²) in [4.78, 5) is 25.4. The minimum Gasteiger partial charge on any atom is -0.352 e. The second-order valence-corrected chi connectivity index (χ2v) is 9.36. The van der Waals surface area contributed by atoms with Crippen LogP contribution >= 0.6 is 23.2 Å². The fraction of sp³-hybridized carbons (Fsp3) is 0.222. The second kappa shape index (κ2) is 10.4. The van der Waals surface area contributed by atoms with Crippen molar-refractivity contribution in [3.63, 3.8) is 0 Å². The van der Waals surface area contributed by atoms with Gasteiger partial charge in [-0.05, 0) is 61.7 Å². The lowest BCUT2D eigenvalue weighted by molar-refractivity contribution is -0.123. The monoisotopic (exact) mass is 493 g/mol. The number of benzene rings is 3. The molecular formula is C27H25Cl2N3O2. The van der Waals surface area contributed by atoms with Crippen molar-refractivity contribution in [2.24, 2.45) is 0 Å². The Morgan fingerprint density at radius 3 is 2.15 bits per heavy atom. The van der Waals surface area contributed by atoms with Crippen LogP contribution in [-0.2, 0) is 11.2 Å². The number of carbonyl (C=O) groups excluding carboxylic acids is 1. The molecule has 34 heavy (non-hydrogen) atoms. The highest BCUT2D eigenvalue weighted by Crippen LogP contribution is 2.28. The average Bonchev–Trinajstić information content (AvgIpc) is 2.84. The van der Waals surface area contributed by atoms with Gasteiger partial charge in [0.15, 0.2) is 0 Å². The Kier molecular flexibility index (Phi) is 7.35. The van der Waals surface area contributed by atoms with Crippen molar-refractivity contribution in [3.8, 4) is 0 Å². The molecule has 0 bridgehead atoms. The van der Waals surface area contributed by atoms with Crippen LogP contribution in [-0.4, -0.2) is 22.1 Å². The van der Waals surface area contributed by atoms with Crippen LogP contribution < -0.4 is 10.9 Å². The van der Waals surface area contributed by atoms with Gasteiger partial charge in [-0.2, -0.15) is 5.10 Å². The van der Waals surface area contributed by atoms with Crippen LogP contribution in [0.5, 0.6) is 0 Å². The van der Waals surface area contributed by atoms with E-state index in [1.54, 1.807) is 19.1 Å². The predicted molar refractivity (Wildman–Crippen MR) is 138 cm³/mol. The predicted octanol–water partition coefficient (Wildman–Crippen LogP) is 5.86. The highest BCUT2D eigenvalue weighted by Gasteiger charge is 2.26. The van der Waals surface area contributed by atoms with Crippen molar-refractivity contribution < 1.29 is 4.79 Å². The molecule has 3 unspecified atom stereocenters. The zero-order valence-electron chi connectivity index (χ0n) is 18.9. The Morgan fingerprint density at radius 1 is 0.912 bits per heavy atom. The third kappa shape index (κ3) is 5.32. The minimum atomic E-state index is -0.550. The van der Waals surface area contributed by atoms with Crippen LogP contribution in [0.1, 0.15) is 42.5 Å². The number of amides is 1. The average molecular weight is 494 g/mol. The normalized spacial score (nSPS) is 13.9. The molecule has 4 aromatic rings. The maximum absolute atomic E-state index is 13.3. The first-order valence-electron chi connectivity index (χ1n) is 11.1. The van der Waals surface area contributed by atoms with E-state index in [1.165, 1.54) is 0 Å². The van der Waals surface area contributed by atoms with Crippen molar-refractivity contribution in [2.75, 3.05) is 0 Å². The van der Waals surface area contributed by atoms with Gasteiger partial charge in [-0.15, -0.1) is 0 Å². The molecule has 0 aliphatic rings. The molecule has 7 heteroatoms. The minimum absolute atomic E-state index is 0.00914. The van der Waals surface area contributed by atoms with Crippen molar-refractivity contribution >= 4 is 39.9 Å². The summed E-state index contributed by atoms with van der Waals surface area (Å²) in [6.07, 6.45) is 0.717. The summed E-state index contributed by atoms with van der Waals surface area (Å²) < 4.78 is 0. The SMILES string of the molecule is CC(C(=O)NC(C)C(Cc1ccc(Cl)cc1)c1ccc(Cl)cc1)c1n[nH]c(=O)c2ccccc12. The van der Waals surface area contributed by atoms with Gasteiger partial charge in [0.05, 0.1) is 17.0 Å². The summed E-state index contributed by atoms with van der Waals surface area (Å²) in [5, 5.41) is 12.4. The number of aromatic nitrogens is 2. The number of H-pyrrole nitrogens is 1. The quantitative estimate of drug-likeness (QED) is 0.338. The van der Waals surface area contributed by atoms with Gasteiger partial charge in [0.1, 0.15) is 0 Å². The molecule has 3 atom stereocenters. The number of hydrogen-bond acceptors (Lipinski definition) is 3. The molecule has 2 N–H and O–H groups in total. The number of fused-ring (bicyclic) bond motifs is 1.